The van der Waals surface area contributed by atoms with Crippen molar-refractivity contribution in [3.05, 3.63) is 0 Å². The van der Waals surface area contributed by atoms with Gasteiger partial charge in [-0.2, -0.15) is 0 Å². The van der Waals surface area contributed by atoms with Gasteiger partial charge in [-0.15, -0.1) is 0 Å². The van der Waals surface area contributed by atoms with Gasteiger partial charge in [0.25, 0.3) is 5.91 Å². The maximum atomic E-state index is 13.0. The molecule has 6 heteroatoms. The van der Waals surface area contributed by atoms with E-state index in [4.69, 9.17) is 4.74 Å². The van der Waals surface area contributed by atoms with Crippen LogP contribution < -0.4 is 10.6 Å². The number of rotatable bonds is 2. The van der Waals surface area contributed by atoms with Gasteiger partial charge in [0.1, 0.15) is 5.54 Å². The molecule has 2 N–H and O–H groups in total. The van der Waals surface area contributed by atoms with Crippen LogP contribution in [0.15, 0.2) is 0 Å². The first kappa shape index (κ1) is 14.8. The topological polar surface area (TPSA) is 70.7 Å². The molecule has 0 aromatic carbocycles. The van der Waals surface area contributed by atoms with E-state index in [1.165, 1.54) is 4.90 Å². The average molecular weight is 295 g/mol. The van der Waals surface area contributed by atoms with Gasteiger partial charge < -0.3 is 15.4 Å². The van der Waals surface area contributed by atoms with E-state index in [-0.39, 0.29) is 29.9 Å². The quantitative estimate of drug-likeness (QED) is 0.737. The fourth-order valence-electron chi connectivity index (χ4n) is 4.06. The maximum absolute atomic E-state index is 13.0. The highest BCUT2D eigenvalue weighted by atomic mass is 16.5. The third-order valence-corrected chi connectivity index (χ3v) is 5.38. The second-order valence-corrected chi connectivity index (χ2v) is 6.64. The molecular weight excluding hydrogens is 270 g/mol. The van der Waals surface area contributed by atoms with Crippen molar-refractivity contribution in [2.45, 2.75) is 44.8 Å². The predicted octanol–water partition coefficient (Wildman–Crippen LogP) is 0.722. The molecule has 21 heavy (non-hydrogen) atoms. The number of carbonyl (C=O) groups is 2. The monoisotopic (exact) mass is 295 g/mol. The number of nitrogens with one attached hydrogen (secondary N) is 2. The number of amides is 3. The van der Waals surface area contributed by atoms with Crippen molar-refractivity contribution in [2.24, 2.45) is 11.8 Å². The highest BCUT2D eigenvalue weighted by molar-refractivity contribution is 6.07. The van der Waals surface area contributed by atoms with E-state index in [0.29, 0.717) is 19.7 Å². The lowest BCUT2D eigenvalue weighted by molar-refractivity contribution is -0.138. The Morgan fingerprint density at radius 1 is 1.29 bits per heavy atom. The molecule has 0 aromatic heterocycles. The Kier molecular flexibility index (Phi) is 3.92. The summed E-state index contributed by atoms with van der Waals surface area (Å²) in [4.78, 5) is 26.7. The van der Waals surface area contributed by atoms with E-state index < -0.39 is 5.54 Å². The summed E-state index contributed by atoms with van der Waals surface area (Å²) in [7, 11) is 0. The van der Waals surface area contributed by atoms with Gasteiger partial charge in [-0.1, -0.05) is 20.3 Å². The summed E-state index contributed by atoms with van der Waals surface area (Å²) in [5.74, 6) is 0.322. The molecule has 3 amide bonds. The normalized spacial score (nSPS) is 40.7. The summed E-state index contributed by atoms with van der Waals surface area (Å²) in [5, 5.41) is 6.25. The van der Waals surface area contributed by atoms with Gasteiger partial charge in [0.05, 0.1) is 19.3 Å². The summed E-state index contributed by atoms with van der Waals surface area (Å²) in [6, 6.07) is -0.255. The Hall–Kier alpha value is -1.14. The Labute approximate surface area is 125 Å². The van der Waals surface area contributed by atoms with E-state index >= 15 is 0 Å². The van der Waals surface area contributed by atoms with Crippen LogP contribution in [0.25, 0.3) is 0 Å². The summed E-state index contributed by atoms with van der Waals surface area (Å²) in [5.41, 5.74) is -0.697. The van der Waals surface area contributed by atoms with Crippen molar-refractivity contribution in [3.8, 4) is 0 Å². The van der Waals surface area contributed by atoms with Gasteiger partial charge in [-0.3, -0.25) is 9.69 Å². The zero-order valence-electron chi connectivity index (χ0n) is 12.9. The van der Waals surface area contributed by atoms with Gasteiger partial charge in [0, 0.05) is 13.1 Å². The first-order valence-corrected chi connectivity index (χ1v) is 8.02. The van der Waals surface area contributed by atoms with Gasteiger partial charge >= 0.3 is 6.03 Å². The first-order chi connectivity index (χ1) is 10.1. The highest BCUT2D eigenvalue weighted by Gasteiger charge is 2.58. The lowest BCUT2D eigenvalue weighted by Crippen LogP contribution is -2.59. The predicted molar refractivity (Wildman–Crippen MR) is 77.8 cm³/mol. The van der Waals surface area contributed by atoms with Gasteiger partial charge in [-0.25, -0.2) is 4.79 Å². The Morgan fingerprint density at radius 3 is 2.62 bits per heavy atom. The minimum atomic E-state index is -0.697. The van der Waals surface area contributed by atoms with Crippen LogP contribution in [-0.2, 0) is 9.53 Å². The molecule has 1 aliphatic carbocycles. The van der Waals surface area contributed by atoms with Crippen molar-refractivity contribution in [3.63, 3.8) is 0 Å². The van der Waals surface area contributed by atoms with Crippen LogP contribution in [0.5, 0.6) is 0 Å². The maximum Gasteiger partial charge on any atom is 0.325 e. The van der Waals surface area contributed by atoms with Crippen LogP contribution in [-0.4, -0.2) is 54.7 Å². The minimum Gasteiger partial charge on any atom is -0.374 e. The van der Waals surface area contributed by atoms with Gasteiger partial charge in [-0.05, 0) is 24.7 Å². The fraction of sp³-hybridized carbons (Fsp3) is 0.867. The van der Waals surface area contributed by atoms with Crippen molar-refractivity contribution in [1.29, 1.82) is 0 Å². The molecule has 0 radical (unpaired) electrons. The third-order valence-electron chi connectivity index (χ3n) is 5.38. The zero-order chi connectivity index (χ0) is 15.0. The van der Waals surface area contributed by atoms with Crippen molar-refractivity contribution in [1.82, 2.24) is 15.5 Å². The molecule has 3 unspecified atom stereocenters. The summed E-state index contributed by atoms with van der Waals surface area (Å²) in [6.45, 7) is 6.65. The molecule has 1 spiro atoms. The van der Waals surface area contributed by atoms with E-state index in [2.05, 4.69) is 24.5 Å². The Bertz CT molecular complexity index is 424. The molecule has 0 bridgehead atoms. The molecule has 3 aliphatic rings. The number of nitrogens with zero attached hydrogens (tertiary/aromatic N) is 1. The van der Waals surface area contributed by atoms with E-state index in [9.17, 15) is 9.59 Å². The molecule has 3 atom stereocenters. The summed E-state index contributed by atoms with van der Waals surface area (Å²) in [6.07, 6.45) is 3.01. The Morgan fingerprint density at radius 2 is 2.00 bits per heavy atom. The highest BCUT2D eigenvalue weighted by Crippen LogP contribution is 2.42. The molecular formula is C15H25N3O3. The molecule has 1 saturated carbocycles. The molecule has 2 aliphatic heterocycles. The van der Waals surface area contributed by atoms with Crippen molar-refractivity contribution in [2.75, 3.05) is 26.2 Å². The number of ether oxygens (including phenoxy) is 1. The third kappa shape index (κ3) is 2.34. The molecule has 118 valence electrons. The number of carbonyl (C=O) groups excluding carboxylic acids is 2. The number of imide groups is 1. The van der Waals surface area contributed by atoms with Gasteiger partial charge in [0.2, 0.25) is 0 Å². The summed E-state index contributed by atoms with van der Waals surface area (Å²) < 4.78 is 5.63. The van der Waals surface area contributed by atoms with Crippen LogP contribution in [0.2, 0.25) is 0 Å². The number of hydrogen-bond donors (Lipinski definition) is 2. The van der Waals surface area contributed by atoms with Crippen LogP contribution in [0.4, 0.5) is 4.79 Å². The molecule has 2 heterocycles. The molecule has 3 rings (SSSR count). The van der Waals surface area contributed by atoms with E-state index in [1.807, 2.05) is 0 Å². The minimum absolute atomic E-state index is 0.0543. The van der Waals surface area contributed by atoms with Crippen LogP contribution in [0.1, 0.15) is 33.1 Å². The lowest BCUT2D eigenvalue weighted by Gasteiger charge is -2.42. The van der Waals surface area contributed by atoms with Gasteiger partial charge in [0.15, 0.2) is 0 Å². The second kappa shape index (κ2) is 5.57. The van der Waals surface area contributed by atoms with Crippen LogP contribution in [0.3, 0.4) is 0 Å². The second-order valence-electron chi connectivity index (χ2n) is 6.64. The molecule has 0 aromatic rings. The zero-order valence-corrected chi connectivity index (χ0v) is 12.9. The first-order valence-electron chi connectivity index (χ1n) is 8.02. The standard InChI is InChI=1S/C15H25N3O3/c1-10-4-3-5-11(2)15(10)13(19)18(14(20)17-15)9-12-8-16-6-7-21-12/h10-12,16H,3-9H2,1-2H3,(H,17,20). The average Bonchev–Trinajstić information content (AvgIpc) is 2.72. The lowest BCUT2D eigenvalue weighted by atomic mass is 9.67. The number of hydrogen-bond acceptors (Lipinski definition) is 4. The SMILES string of the molecule is CC1CCCC(C)C12NC(=O)N(CC1CNCCO1)C2=O. The molecule has 6 nitrogen and oxygen atoms in total. The fourth-order valence-corrected chi connectivity index (χ4v) is 4.06. The largest absolute Gasteiger partial charge is 0.374 e. The van der Waals surface area contributed by atoms with Crippen LogP contribution in [0, 0.1) is 11.8 Å². The van der Waals surface area contributed by atoms with E-state index in [1.54, 1.807) is 0 Å². The van der Waals surface area contributed by atoms with E-state index in [0.717, 1.165) is 25.8 Å². The smallest absolute Gasteiger partial charge is 0.325 e. The van der Waals surface area contributed by atoms with Crippen molar-refractivity contribution >= 4 is 11.9 Å². The van der Waals surface area contributed by atoms with Crippen molar-refractivity contribution < 1.29 is 14.3 Å². The summed E-state index contributed by atoms with van der Waals surface area (Å²) >= 11 is 0. The molecule has 2 saturated heterocycles. The van der Waals surface area contributed by atoms with Crippen LogP contribution >= 0.6 is 0 Å². The Balaban J connectivity index is 1.77. The molecule has 3 fully saturated rings. The number of morpholine rings is 1. The number of urea groups is 1.